The molecule has 12 bridgehead atoms. The molecule has 8 nitrogen and oxygen atoms in total. The molecule has 0 amide bonds. The van der Waals surface area contributed by atoms with Gasteiger partial charge in [0.1, 0.15) is 36.2 Å². The highest BCUT2D eigenvalue weighted by atomic mass is 32.2. The molecule has 3 aliphatic heterocycles. The largest absolute Gasteiger partial charge is 0.518 e. The zero-order valence-electron chi connectivity index (χ0n) is 48.5. The fraction of sp³-hybridized carbons (Fsp3) is 0.600. The second-order valence-corrected chi connectivity index (χ2v) is 38.6. The summed E-state index contributed by atoms with van der Waals surface area (Å²) < 4.78 is 56.9. The lowest BCUT2D eigenvalue weighted by atomic mass is 9.87. The van der Waals surface area contributed by atoms with E-state index >= 15 is 0 Å². The van der Waals surface area contributed by atoms with Gasteiger partial charge in [-0.3, -0.25) is 0 Å². The summed E-state index contributed by atoms with van der Waals surface area (Å²) in [5.74, 6) is 3.36. The van der Waals surface area contributed by atoms with Crippen LogP contribution in [0.4, 0.5) is 0 Å². The van der Waals surface area contributed by atoms with Crippen LogP contribution in [0.2, 0.25) is 22.2 Å². The molecule has 0 N–H and O–H groups in total. The molecule has 7 rings (SSSR count). The van der Waals surface area contributed by atoms with Crippen molar-refractivity contribution in [2.24, 2.45) is 0 Å². The van der Waals surface area contributed by atoms with Crippen molar-refractivity contribution >= 4 is 64.2 Å². The Kier molecular flexibility index (Phi) is 18.6. The van der Waals surface area contributed by atoms with E-state index in [0.29, 0.717) is 52.9 Å². The third kappa shape index (κ3) is 13.2. The Hall–Kier alpha value is -2.25. The van der Waals surface area contributed by atoms with Crippen molar-refractivity contribution in [1.82, 2.24) is 0 Å². The van der Waals surface area contributed by atoms with E-state index in [1.807, 2.05) is 0 Å². The van der Waals surface area contributed by atoms with Gasteiger partial charge in [-0.05, 0) is 92.4 Å². The van der Waals surface area contributed by atoms with Crippen LogP contribution in [0.15, 0.2) is 87.7 Å². The van der Waals surface area contributed by atoms with Crippen LogP contribution < -0.4 is 18.3 Å². The molecule has 0 spiro atoms. The smallest absolute Gasteiger partial charge is 0.396 e. The van der Waals surface area contributed by atoms with Crippen LogP contribution in [0.5, 0.6) is 23.0 Å². The summed E-state index contributed by atoms with van der Waals surface area (Å²) >= 11 is 7.00. The van der Waals surface area contributed by atoms with E-state index in [1.54, 1.807) is 47.0 Å². The van der Waals surface area contributed by atoms with Gasteiger partial charge in [0.2, 0.25) is 0 Å². The number of ether oxygens (including phenoxy) is 5. The first-order chi connectivity index (χ1) is 34.4. The Morgan fingerprint density at radius 2 is 0.527 bits per heavy atom. The van der Waals surface area contributed by atoms with E-state index in [9.17, 15) is 0 Å². The number of hydrogen-bond acceptors (Lipinski definition) is 12. The minimum absolute atomic E-state index is 0.0779. The van der Waals surface area contributed by atoms with E-state index in [0.717, 1.165) is 62.2 Å². The highest BCUT2D eigenvalue weighted by Gasteiger charge is 2.60. The first kappa shape index (κ1) is 59.4. The molecule has 4 aromatic rings. The average Bonchev–Trinajstić information content (AvgIpc) is 3.27. The molecule has 0 aliphatic carbocycles. The van der Waals surface area contributed by atoms with Gasteiger partial charge in [-0.1, -0.05) is 186 Å². The normalized spacial score (nSPS) is 18.3. The number of rotatable bonds is 4. The second-order valence-electron chi connectivity index (χ2n) is 25.5. The zero-order chi connectivity index (χ0) is 54.3. The van der Waals surface area contributed by atoms with E-state index in [4.69, 9.17) is 36.7 Å². The molecule has 408 valence electrons. The van der Waals surface area contributed by atoms with Crippen LogP contribution in [-0.2, 0) is 40.0 Å². The Bertz CT molecular complexity index is 2430. The molecular weight excluding hydrogens is 1030 g/mol. The van der Waals surface area contributed by atoms with Gasteiger partial charge in [-0.15, -0.1) is 0 Å². The van der Waals surface area contributed by atoms with Crippen molar-refractivity contribution in [2.75, 3.05) is 52.9 Å². The maximum atomic E-state index is 8.25. The Balaban J connectivity index is 1.72. The SMILES string of the molecule is CC(C)[Si]1(C(C)C)Oc2c3cc(C(C)(C)C)cc2Sc2cc(C(C)(C)C)cc(c2O[Si](C(C)C)(C(C)C)O1)Sc1cc(C(C)(C)C)cc2c1OCCOCCOCCOCCOc1c(cc(C(C)(C)C)cc1S3)S2. The summed E-state index contributed by atoms with van der Waals surface area (Å²) in [6.45, 7) is 49.5. The Labute approximate surface area is 465 Å². The maximum Gasteiger partial charge on any atom is 0.396 e. The standard InChI is InChI=1S/C60H88O8S4Si2/c1-37(2)73(38(3)4)66-55-49-33-43(59(15,16)17)35-51(55)72-52-36-44(60(18,19)20)34-50(56(52)67-74(68-73,39(5)6)40(7)8)71-48-32-42(58(12,13)14)30-46-54(48)65-28-26-63-24-22-61-21-23-62-25-27-64-53-45(69-46)29-41(57(9,10)11)31-47(53)70-49/h29-40H,21-28H2,1-20H3. The van der Waals surface area contributed by atoms with Gasteiger partial charge < -0.3 is 36.7 Å². The van der Waals surface area contributed by atoms with Gasteiger partial charge >= 0.3 is 17.1 Å². The highest BCUT2D eigenvalue weighted by molar-refractivity contribution is 8.01. The van der Waals surface area contributed by atoms with Crippen molar-refractivity contribution < 1.29 is 36.7 Å². The van der Waals surface area contributed by atoms with Crippen molar-refractivity contribution in [3.05, 3.63) is 70.8 Å². The molecule has 74 heavy (non-hydrogen) atoms. The van der Waals surface area contributed by atoms with E-state index in [1.165, 1.54) is 22.3 Å². The Morgan fingerprint density at radius 3 is 0.730 bits per heavy atom. The molecule has 3 heterocycles. The zero-order valence-corrected chi connectivity index (χ0v) is 53.8. The molecule has 0 fully saturated rings. The molecule has 0 atom stereocenters. The maximum absolute atomic E-state index is 8.25. The summed E-state index contributed by atoms with van der Waals surface area (Å²) in [4.78, 5) is 8.21. The van der Waals surface area contributed by atoms with Crippen LogP contribution in [-0.4, -0.2) is 70.0 Å². The fourth-order valence-corrected chi connectivity index (χ4v) is 25.2. The summed E-state index contributed by atoms with van der Waals surface area (Å²) in [5.41, 5.74) is 4.36. The molecule has 3 aliphatic rings. The molecule has 0 aromatic heterocycles. The lowest BCUT2D eigenvalue weighted by molar-refractivity contribution is 0.00444. The minimum atomic E-state index is -3.29. The topological polar surface area (TPSA) is 73.8 Å². The monoisotopic (exact) mass is 1120 g/mol. The van der Waals surface area contributed by atoms with Crippen molar-refractivity contribution in [3.8, 4) is 23.0 Å². The predicted octanol–water partition coefficient (Wildman–Crippen LogP) is 17.9. The number of benzene rings is 4. The molecule has 0 unspecified atom stereocenters. The second kappa shape index (κ2) is 23.2. The third-order valence-electron chi connectivity index (χ3n) is 14.2. The lowest BCUT2D eigenvalue weighted by Gasteiger charge is -2.48. The van der Waals surface area contributed by atoms with Gasteiger partial charge in [-0.25, -0.2) is 0 Å². The molecule has 14 heteroatoms. The quantitative estimate of drug-likeness (QED) is 0.161. The lowest BCUT2D eigenvalue weighted by Crippen LogP contribution is -2.64. The van der Waals surface area contributed by atoms with Crippen molar-refractivity contribution in [3.63, 3.8) is 0 Å². The summed E-state index contributed by atoms with van der Waals surface area (Å²) in [7, 11) is -6.57. The fourth-order valence-electron chi connectivity index (χ4n) is 9.44. The van der Waals surface area contributed by atoms with Crippen LogP contribution in [0.3, 0.4) is 0 Å². The molecule has 0 saturated carbocycles. The van der Waals surface area contributed by atoms with E-state index in [-0.39, 0.29) is 43.8 Å². The van der Waals surface area contributed by atoms with Gasteiger partial charge in [0.25, 0.3) is 0 Å². The van der Waals surface area contributed by atoms with E-state index in [2.05, 4.69) is 187 Å². The van der Waals surface area contributed by atoms with Crippen LogP contribution in [0.25, 0.3) is 0 Å². The average molecular weight is 1120 g/mol. The molecular formula is C60H88O8S4Si2. The molecule has 4 aromatic carbocycles. The van der Waals surface area contributed by atoms with Crippen molar-refractivity contribution in [2.45, 2.75) is 221 Å². The summed E-state index contributed by atoms with van der Waals surface area (Å²) in [5, 5.41) is 0. The first-order valence-electron chi connectivity index (χ1n) is 27.0. The number of hydrogen-bond donors (Lipinski definition) is 0. The third-order valence-corrected chi connectivity index (χ3v) is 28.4. The van der Waals surface area contributed by atoms with Crippen LogP contribution >= 0.6 is 47.0 Å². The minimum Gasteiger partial charge on any atom is -0.518 e. The van der Waals surface area contributed by atoms with Crippen LogP contribution in [0, 0.1) is 0 Å². The van der Waals surface area contributed by atoms with Gasteiger partial charge in [0.05, 0.1) is 78.8 Å². The molecule has 0 radical (unpaired) electrons. The molecule has 0 saturated heterocycles. The summed E-state index contributed by atoms with van der Waals surface area (Å²) in [6, 6.07) is 18.9. The van der Waals surface area contributed by atoms with Gasteiger partial charge in [-0.2, -0.15) is 0 Å². The van der Waals surface area contributed by atoms with Crippen LogP contribution in [0.1, 0.15) is 161 Å². The first-order valence-corrected chi connectivity index (χ1v) is 34.2. The van der Waals surface area contributed by atoms with Crippen molar-refractivity contribution in [1.29, 1.82) is 0 Å². The summed E-state index contributed by atoms with van der Waals surface area (Å²) in [6.07, 6.45) is 0. The van der Waals surface area contributed by atoms with E-state index < -0.39 is 17.1 Å². The van der Waals surface area contributed by atoms with Gasteiger partial charge in [0, 0.05) is 22.2 Å². The Morgan fingerprint density at radius 1 is 0.324 bits per heavy atom. The highest BCUT2D eigenvalue weighted by Crippen LogP contribution is 2.59. The predicted molar refractivity (Wildman–Crippen MR) is 315 cm³/mol. The van der Waals surface area contributed by atoms with Gasteiger partial charge in [0.15, 0.2) is 0 Å².